The molecule has 8 rings (SSSR count). The summed E-state index contributed by atoms with van der Waals surface area (Å²) in [5.41, 5.74) is 1.85. The van der Waals surface area contributed by atoms with Crippen LogP contribution < -0.4 is 25.4 Å². The Morgan fingerprint density at radius 2 is 1.87 bits per heavy atom. The number of thiazole rings is 1. The molecule has 3 aromatic heterocycles. The topological polar surface area (TPSA) is 181 Å². The Balaban J connectivity index is 1.13. The minimum atomic E-state index is -4.02. The Bertz CT molecular complexity index is 2300. The standard InChI is InChI=1S/C44H55N6O8PS2/c1-27(2)45-42-47-37(26-61-42)36-22-39(33-18-17-30(56-3)20-35(33)46-36)57-31-21-38-40(51)49-44(59(54,55)25-32-15-11-19-60-32)23-28(44)12-7-5-4-6-8-16-34(41(52)50(38)24-31)48-43(53)58-29-13-9-10-14-29/h7,11-12,15,17-20,22,26-29,31,34,38H,4-6,8-10,13-14,16,21,23-25H2,1-3H3,(H,45,47)(H,48,53)(H,49,51)(H,54,55)/b12-7-/t28-,31+,34-,38-,44-/m0/s1. The van der Waals surface area contributed by atoms with Gasteiger partial charge in [0.15, 0.2) is 5.13 Å². The summed E-state index contributed by atoms with van der Waals surface area (Å²) in [6.45, 7) is 4.12. The molecule has 1 unspecified atom stereocenters. The fourth-order valence-electron chi connectivity index (χ4n) is 8.82. The number of nitrogens with zero attached hydrogens (tertiary/aromatic N) is 3. The van der Waals surface area contributed by atoms with E-state index in [1.165, 1.54) is 27.6 Å². The smallest absolute Gasteiger partial charge is 0.408 e. The van der Waals surface area contributed by atoms with E-state index in [9.17, 15) is 23.8 Å². The van der Waals surface area contributed by atoms with Crippen LogP contribution in [-0.4, -0.2) is 86.9 Å². The molecule has 3 amide bonds. The van der Waals surface area contributed by atoms with Crippen LogP contribution in [0.5, 0.6) is 11.5 Å². The van der Waals surface area contributed by atoms with Gasteiger partial charge in [0.05, 0.1) is 31.0 Å². The van der Waals surface area contributed by atoms with Gasteiger partial charge in [0.25, 0.3) is 0 Å². The molecular weight excluding hydrogens is 836 g/mol. The van der Waals surface area contributed by atoms with Gasteiger partial charge in [-0.3, -0.25) is 14.2 Å². The van der Waals surface area contributed by atoms with E-state index < -0.39 is 48.7 Å². The summed E-state index contributed by atoms with van der Waals surface area (Å²) in [5, 5.41) is 13.2. The molecule has 3 fully saturated rings. The van der Waals surface area contributed by atoms with Gasteiger partial charge in [0.1, 0.15) is 46.8 Å². The molecule has 4 aromatic rings. The van der Waals surface area contributed by atoms with E-state index >= 15 is 0 Å². The number of benzene rings is 1. The highest BCUT2D eigenvalue weighted by Crippen LogP contribution is 2.71. The predicted octanol–water partition coefficient (Wildman–Crippen LogP) is 8.46. The first-order chi connectivity index (χ1) is 29.4. The number of ether oxygens (including phenoxy) is 3. The van der Waals surface area contributed by atoms with E-state index in [0.717, 1.165) is 55.0 Å². The molecular formula is C44H55N6O8PS2. The monoisotopic (exact) mass is 890 g/mol. The van der Waals surface area contributed by atoms with Gasteiger partial charge in [-0.25, -0.2) is 14.8 Å². The zero-order valence-corrected chi connectivity index (χ0v) is 37.4. The quantitative estimate of drug-likeness (QED) is 0.0838. The lowest BCUT2D eigenvalue weighted by atomic mass is 10.0. The molecule has 14 nitrogen and oxygen atoms in total. The first-order valence-corrected chi connectivity index (χ1v) is 25.0. The minimum Gasteiger partial charge on any atom is -0.497 e. The fraction of sp³-hybridized carbons (Fsp3) is 0.523. The number of aromatic nitrogens is 2. The van der Waals surface area contributed by atoms with E-state index in [1.54, 1.807) is 7.11 Å². The van der Waals surface area contributed by atoms with Crippen molar-refractivity contribution in [2.45, 2.75) is 126 Å². The zero-order chi connectivity index (χ0) is 42.7. The molecule has 4 aliphatic rings. The fourth-order valence-corrected chi connectivity index (χ4v) is 13.2. The number of carbonyl (C=O) groups is 3. The Kier molecular flexibility index (Phi) is 13.1. The SMILES string of the molecule is COc1ccc2c(O[C@@H]3C[C@H]4C(=O)N[C@]5(P(=O)(O)Cc6cccs6)C[C@@H]5/C=C\CCCCC[C@H](NC(=O)OC5CCCC5)C(=O)N4C3)cc(-c3csc(NC(C)C)n3)nc2c1. The highest BCUT2D eigenvalue weighted by Gasteiger charge is 2.66. The van der Waals surface area contributed by atoms with E-state index in [4.69, 9.17) is 24.2 Å². The van der Waals surface area contributed by atoms with Gasteiger partial charge < -0.3 is 40.0 Å². The van der Waals surface area contributed by atoms with Crippen LogP contribution in [-0.2, 0) is 25.1 Å². The molecule has 2 aliphatic heterocycles. The number of hydrogen-bond acceptors (Lipinski definition) is 12. The summed E-state index contributed by atoms with van der Waals surface area (Å²) in [5.74, 6) is -0.188. The number of hydrogen-bond donors (Lipinski definition) is 4. The number of pyridine rings is 1. The summed E-state index contributed by atoms with van der Waals surface area (Å²) in [6.07, 6.45) is 9.80. The number of alkyl carbamates (subject to hydrolysis) is 1. The highest BCUT2D eigenvalue weighted by atomic mass is 32.1. The van der Waals surface area contributed by atoms with Gasteiger partial charge >= 0.3 is 6.09 Å². The first-order valence-electron chi connectivity index (χ1n) is 21.4. The molecule has 4 N–H and O–H groups in total. The highest BCUT2D eigenvalue weighted by molar-refractivity contribution is 7.59. The molecule has 1 saturated heterocycles. The number of thiophene rings is 1. The zero-order valence-electron chi connectivity index (χ0n) is 34.8. The van der Waals surface area contributed by atoms with E-state index in [-0.39, 0.29) is 37.2 Å². The van der Waals surface area contributed by atoms with Crippen LogP contribution in [0.15, 0.2) is 59.3 Å². The third-order valence-corrected chi connectivity index (χ3v) is 16.6. The van der Waals surface area contributed by atoms with Crippen molar-refractivity contribution in [3.63, 3.8) is 0 Å². The van der Waals surface area contributed by atoms with E-state index in [0.29, 0.717) is 53.1 Å². The molecule has 0 bridgehead atoms. The van der Waals surface area contributed by atoms with Crippen molar-refractivity contribution in [3.8, 4) is 22.9 Å². The van der Waals surface area contributed by atoms with Gasteiger partial charge in [0, 0.05) is 46.2 Å². The van der Waals surface area contributed by atoms with Crippen LogP contribution in [0.25, 0.3) is 22.3 Å². The van der Waals surface area contributed by atoms with Crippen molar-refractivity contribution in [1.29, 1.82) is 0 Å². The molecule has 17 heteroatoms. The van der Waals surface area contributed by atoms with Crippen molar-refractivity contribution in [1.82, 2.24) is 25.5 Å². The van der Waals surface area contributed by atoms with Crippen molar-refractivity contribution < 1.29 is 38.1 Å². The number of allylic oxidation sites excluding steroid dienone is 1. The van der Waals surface area contributed by atoms with E-state index in [2.05, 4.69) is 16.0 Å². The van der Waals surface area contributed by atoms with Gasteiger partial charge in [-0.05, 0) is 88.8 Å². The third kappa shape index (κ3) is 9.77. The Morgan fingerprint density at radius 1 is 1.05 bits per heavy atom. The lowest BCUT2D eigenvalue weighted by Gasteiger charge is -2.31. The van der Waals surface area contributed by atoms with E-state index in [1.807, 2.05) is 73.2 Å². The average molecular weight is 891 g/mol. The molecule has 5 heterocycles. The van der Waals surface area contributed by atoms with Crippen molar-refractivity contribution in [3.05, 3.63) is 64.2 Å². The maximum atomic E-state index is 14.8. The Hall–Kier alpha value is -4.50. The molecule has 0 radical (unpaired) electrons. The van der Waals surface area contributed by atoms with Crippen molar-refractivity contribution in [2.24, 2.45) is 5.92 Å². The second-order valence-corrected chi connectivity index (χ2v) is 21.4. The van der Waals surface area contributed by atoms with Crippen molar-refractivity contribution in [2.75, 3.05) is 19.0 Å². The first kappa shape index (κ1) is 43.2. The van der Waals surface area contributed by atoms with Gasteiger partial charge in [0.2, 0.25) is 19.2 Å². The van der Waals surface area contributed by atoms with Gasteiger partial charge in [-0.2, -0.15) is 0 Å². The second-order valence-electron chi connectivity index (χ2n) is 16.9. The lowest BCUT2D eigenvalue weighted by molar-refractivity contribution is -0.140. The minimum absolute atomic E-state index is 0.0313. The number of amides is 3. The summed E-state index contributed by atoms with van der Waals surface area (Å²) < 4.78 is 32.5. The van der Waals surface area contributed by atoms with Crippen molar-refractivity contribution >= 4 is 64.0 Å². The Morgan fingerprint density at radius 3 is 2.64 bits per heavy atom. The maximum Gasteiger partial charge on any atom is 0.408 e. The van der Waals surface area contributed by atoms with Gasteiger partial charge in [-0.1, -0.05) is 31.1 Å². The molecule has 2 saturated carbocycles. The number of carbonyl (C=O) groups excluding carboxylic acids is 3. The Labute approximate surface area is 364 Å². The summed E-state index contributed by atoms with van der Waals surface area (Å²) >= 11 is 2.88. The molecule has 1 aromatic carbocycles. The van der Waals surface area contributed by atoms with Crippen LogP contribution in [0.2, 0.25) is 0 Å². The number of fused-ring (bicyclic) bond motifs is 3. The number of anilines is 1. The van der Waals surface area contributed by atoms with Crippen LogP contribution >= 0.6 is 30.0 Å². The predicted molar refractivity (Wildman–Crippen MR) is 237 cm³/mol. The number of rotatable bonds is 11. The van der Waals surface area contributed by atoms with Crippen LogP contribution in [0.3, 0.4) is 0 Å². The summed E-state index contributed by atoms with van der Waals surface area (Å²) in [6, 6.07) is 9.20. The number of methoxy groups -OCH3 is 1. The summed E-state index contributed by atoms with van der Waals surface area (Å²) in [7, 11) is -2.43. The van der Waals surface area contributed by atoms with Gasteiger partial charge in [-0.15, -0.1) is 22.7 Å². The maximum absolute atomic E-state index is 14.8. The average Bonchev–Trinajstić information content (AvgIpc) is 3.86. The van der Waals surface area contributed by atoms with Crippen LogP contribution in [0, 0.1) is 5.92 Å². The molecule has 2 aliphatic carbocycles. The second kappa shape index (κ2) is 18.5. The normalized spacial score (nSPS) is 26.3. The largest absolute Gasteiger partial charge is 0.497 e. The molecule has 61 heavy (non-hydrogen) atoms. The number of nitrogens with one attached hydrogen (secondary N) is 3. The third-order valence-electron chi connectivity index (χ3n) is 12.1. The summed E-state index contributed by atoms with van der Waals surface area (Å²) in [4.78, 5) is 66.7. The lowest BCUT2D eigenvalue weighted by Crippen LogP contribution is -2.55. The van der Waals surface area contributed by atoms with Crippen LogP contribution in [0.1, 0.15) is 89.4 Å². The molecule has 326 valence electrons. The molecule has 6 atom stereocenters. The molecule has 0 spiro atoms. The van der Waals surface area contributed by atoms with Crippen LogP contribution in [0.4, 0.5) is 9.93 Å².